The van der Waals surface area contributed by atoms with E-state index in [9.17, 15) is 9.18 Å². The normalized spacial score (nSPS) is 12.6. The van der Waals surface area contributed by atoms with Gasteiger partial charge in [0.15, 0.2) is 0 Å². The van der Waals surface area contributed by atoms with E-state index in [0.29, 0.717) is 35.9 Å². The molecule has 2 N–H and O–H groups in total. The van der Waals surface area contributed by atoms with Crippen LogP contribution in [0.15, 0.2) is 55.0 Å². The largest absolute Gasteiger partial charge is 0.383 e. The number of anilines is 3. The second-order valence-corrected chi connectivity index (χ2v) is 7.85. The Morgan fingerprint density at radius 2 is 2.09 bits per heavy atom. The van der Waals surface area contributed by atoms with Crippen molar-refractivity contribution >= 4 is 28.7 Å². The minimum Gasteiger partial charge on any atom is -0.383 e. The molecule has 1 aliphatic heterocycles. The van der Waals surface area contributed by atoms with E-state index in [1.807, 2.05) is 35.7 Å². The van der Waals surface area contributed by atoms with Gasteiger partial charge in [0.1, 0.15) is 17.3 Å². The first-order valence-electron chi connectivity index (χ1n) is 10.6. The van der Waals surface area contributed by atoms with Crippen LogP contribution in [0.5, 0.6) is 0 Å². The zero-order chi connectivity index (χ0) is 22.9. The van der Waals surface area contributed by atoms with Gasteiger partial charge in [0, 0.05) is 45.1 Å². The van der Waals surface area contributed by atoms with E-state index in [0.717, 1.165) is 29.1 Å². The number of aromatic nitrogens is 3. The summed E-state index contributed by atoms with van der Waals surface area (Å²) in [5, 5.41) is 6.18. The monoisotopic (exact) mass is 446 g/mol. The zero-order valence-electron chi connectivity index (χ0n) is 18.3. The second-order valence-electron chi connectivity index (χ2n) is 7.85. The quantitative estimate of drug-likeness (QED) is 0.451. The predicted molar refractivity (Wildman–Crippen MR) is 124 cm³/mol. The summed E-state index contributed by atoms with van der Waals surface area (Å²) in [7, 11) is 3.65. The van der Waals surface area contributed by atoms with Gasteiger partial charge in [-0.3, -0.25) is 9.20 Å². The second kappa shape index (κ2) is 8.51. The number of pyridine rings is 2. The molecule has 0 spiro atoms. The molecular weight excluding hydrogens is 423 g/mol. The average molecular weight is 446 g/mol. The van der Waals surface area contributed by atoms with Gasteiger partial charge >= 0.3 is 0 Å². The number of ether oxygens (including phenoxy) is 1. The van der Waals surface area contributed by atoms with Gasteiger partial charge in [0.25, 0.3) is 5.91 Å². The van der Waals surface area contributed by atoms with Crippen molar-refractivity contribution in [2.45, 2.75) is 6.54 Å². The number of halogens is 1. The Balaban J connectivity index is 1.47. The van der Waals surface area contributed by atoms with Gasteiger partial charge in [0.05, 0.1) is 41.6 Å². The number of rotatable bonds is 7. The fourth-order valence-corrected chi connectivity index (χ4v) is 4.03. The lowest BCUT2D eigenvalue weighted by Gasteiger charge is -2.19. The van der Waals surface area contributed by atoms with Crippen LogP contribution < -0.4 is 15.5 Å². The summed E-state index contributed by atoms with van der Waals surface area (Å²) in [4.78, 5) is 23.6. The Bertz CT molecular complexity index is 1340. The molecule has 4 aromatic rings. The highest BCUT2D eigenvalue weighted by molar-refractivity contribution is 6.06. The molecule has 0 aliphatic carbocycles. The van der Waals surface area contributed by atoms with Crippen molar-refractivity contribution < 1.29 is 13.9 Å². The summed E-state index contributed by atoms with van der Waals surface area (Å²) in [6.07, 6.45) is 5.12. The number of nitrogens with one attached hydrogen (secondary N) is 2. The summed E-state index contributed by atoms with van der Waals surface area (Å²) in [5.74, 6) is 0.147. The smallest absolute Gasteiger partial charge is 0.254 e. The number of hydrogen-bond donors (Lipinski definition) is 2. The van der Waals surface area contributed by atoms with Crippen LogP contribution in [0.4, 0.5) is 21.6 Å². The van der Waals surface area contributed by atoms with E-state index in [-0.39, 0.29) is 11.7 Å². The molecular formula is C24H23FN6O2. The number of amides is 1. The number of fused-ring (bicyclic) bond motifs is 2. The zero-order valence-corrected chi connectivity index (χ0v) is 18.3. The van der Waals surface area contributed by atoms with Crippen molar-refractivity contribution in [1.82, 2.24) is 19.7 Å². The Kier molecular flexibility index (Phi) is 5.39. The maximum atomic E-state index is 13.6. The highest BCUT2D eigenvalue weighted by Crippen LogP contribution is 2.35. The third-order valence-corrected chi connectivity index (χ3v) is 5.80. The number of nitrogens with zero attached hydrogens (tertiary/aromatic N) is 4. The summed E-state index contributed by atoms with van der Waals surface area (Å²) in [6, 6.07) is 10.4. The van der Waals surface area contributed by atoms with Crippen molar-refractivity contribution in [3.8, 4) is 11.3 Å². The minimum absolute atomic E-state index is 0.148. The molecule has 9 heteroatoms. The van der Waals surface area contributed by atoms with Gasteiger partial charge in [-0.15, -0.1) is 0 Å². The lowest BCUT2D eigenvalue weighted by atomic mass is 9.99. The van der Waals surface area contributed by atoms with Gasteiger partial charge < -0.3 is 20.3 Å². The van der Waals surface area contributed by atoms with Gasteiger partial charge in [0.2, 0.25) is 0 Å². The number of carbonyl (C=O) groups is 1. The highest BCUT2D eigenvalue weighted by Gasteiger charge is 2.27. The van der Waals surface area contributed by atoms with Crippen molar-refractivity contribution in [3.05, 3.63) is 71.9 Å². The van der Waals surface area contributed by atoms with Gasteiger partial charge in [-0.1, -0.05) is 6.07 Å². The number of methoxy groups -OCH3 is 1. The SMILES string of the molecule is COCCN(C)c1ccc(Nc2ccc(-c3cnc4cc(F)ccn34)c3c2C(=O)NC3)nc1. The molecule has 33 heavy (non-hydrogen) atoms. The Morgan fingerprint density at radius 1 is 1.21 bits per heavy atom. The highest BCUT2D eigenvalue weighted by atomic mass is 19.1. The molecule has 5 rings (SSSR count). The van der Waals surface area contributed by atoms with E-state index >= 15 is 0 Å². The molecule has 3 aromatic heterocycles. The third kappa shape index (κ3) is 3.87. The molecule has 0 saturated heterocycles. The molecule has 0 unspecified atom stereocenters. The van der Waals surface area contributed by atoms with Crippen LogP contribution in [0.1, 0.15) is 15.9 Å². The van der Waals surface area contributed by atoms with E-state index in [2.05, 4.69) is 25.5 Å². The predicted octanol–water partition coefficient (Wildman–Crippen LogP) is 3.61. The van der Waals surface area contributed by atoms with E-state index in [1.165, 1.54) is 12.1 Å². The Hall–Kier alpha value is -3.98. The van der Waals surface area contributed by atoms with E-state index in [1.54, 1.807) is 25.7 Å². The van der Waals surface area contributed by atoms with Crippen LogP contribution in [-0.4, -0.2) is 47.6 Å². The number of likely N-dealkylation sites (N-methyl/N-ethyl adjacent to an activating group) is 1. The van der Waals surface area contributed by atoms with Crippen molar-refractivity contribution in [1.29, 1.82) is 0 Å². The van der Waals surface area contributed by atoms with Crippen LogP contribution in [0.25, 0.3) is 16.9 Å². The maximum Gasteiger partial charge on any atom is 0.254 e. The summed E-state index contributed by atoms with van der Waals surface area (Å²) in [6.45, 7) is 1.80. The van der Waals surface area contributed by atoms with Crippen molar-refractivity contribution in [2.24, 2.45) is 0 Å². The number of benzene rings is 1. The molecule has 0 atom stereocenters. The molecule has 4 heterocycles. The molecule has 0 saturated carbocycles. The van der Waals surface area contributed by atoms with Crippen LogP contribution in [-0.2, 0) is 11.3 Å². The standard InChI is InChI=1S/C24H23FN6O2/c1-30(9-10-33-2)16-3-6-21(26-12-16)29-19-5-4-17(18-13-28-24(32)23(18)19)20-14-27-22-11-15(25)7-8-31(20)22/h3-8,11-12,14H,9-10,13H2,1-2H3,(H,26,29)(H,28,32). The molecule has 168 valence electrons. The summed E-state index contributed by atoms with van der Waals surface area (Å²) in [5.41, 5.74) is 5.27. The van der Waals surface area contributed by atoms with Crippen LogP contribution in [0, 0.1) is 5.82 Å². The molecule has 0 fully saturated rings. The molecule has 0 bridgehead atoms. The fourth-order valence-electron chi connectivity index (χ4n) is 4.03. The number of hydrogen-bond acceptors (Lipinski definition) is 6. The molecule has 1 aromatic carbocycles. The van der Waals surface area contributed by atoms with E-state index in [4.69, 9.17) is 4.74 Å². The molecule has 0 radical (unpaired) electrons. The minimum atomic E-state index is -0.343. The van der Waals surface area contributed by atoms with Crippen LogP contribution >= 0.6 is 0 Å². The lowest BCUT2D eigenvalue weighted by molar-refractivity contribution is 0.0966. The topological polar surface area (TPSA) is 83.8 Å². The third-order valence-electron chi connectivity index (χ3n) is 5.80. The molecule has 8 nitrogen and oxygen atoms in total. The van der Waals surface area contributed by atoms with Gasteiger partial charge in [-0.2, -0.15) is 0 Å². The summed E-state index contributed by atoms with van der Waals surface area (Å²) >= 11 is 0. The van der Waals surface area contributed by atoms with Gasteiger partial charge in [-0.05, 0) is 29.8 Å². The van der Waals surface area contributed by atoms with Crippen LogP contribution in [0.3, 0.4) is 0 Å². The molecule has 1 aliphatic rings. The van der Waals surface area contributed by atoms with Crippen molar-refractivity contribution in [2.75, 3.05) is 37.5 Å². The first kappa shape index (κ1) is 20.9. The fraction of sp³-hybridized carbons (Fsp3) is 0.208. The maximum absolute atomic E-state index is 13.6. The number of carbonyl (C=O) groups excluding carboxylic acids is 1. The lowest BCUT2D eigenvalue weighted by Crippen LogP contribution is -2.22. The Labute approximate surface area is 190 Å². The number of imidazole rings is 1. The first-order valence-corrected chi connectivity index (χ1v) is 10.6. The first-order chi connectivity index (χ1) is 16.0. The average Bonchev–Trinajstić information content (AvgIpc) is 3.42. The summed E-state index contributed by atoms with van der Waals surface area (Å²) < 4.78 is 20.5. The van der Waals surface area contributed by atoms with E-state index < -0.39 is 0 Å². The molecule has 1 amide bonds. The van der Waals surface area contributed by atoms with Gasteiger partial charge in [-0.25, -0.2) is 14.4 Å². The Morgan fingerprint density at radius 3 is 2.88 bits per heavy atom. The van der Waals surface area contributed by atoms with Crippen molar-refractivity contribution in [3.63, 3.8) is 0 Å². The van der Waals surface area contributed by atoms with Crippen LogP contribution in [0.2, 0.25) is 0 Å².